The molecule has 5 rings (SSSR count). The molecule has 0 radical (unpaired) electrons. The number of thiophene rings is 1. The summed E-state index contributed by atoms with van der Waals surface area (Å²) >= 11 is 3.33. The molecule has 8 heteroatoms. The van der Waals surface area contributed by atoms with Gasteiger partial charge in [-0.3, -0.25) is 4.79 Å². The van der Waals surface area contributed by atoms with E-state index in [4.69, 9.17) is 14.5 Å². The Kier molecular flexibility index (Phi) is 6.54. The van der Waals surface area contributed by atoms with E-state index in [9.17, 15) is 4.79 Å². The molecule has 176 valence electrons. The minimum Gasteiger partial charge on any atom is -0.490 e. The van der Waals surface area contributed by atoms with Crippen molar-refractivity contribution in [3.05, 3.63) is 58.5 Å². The number of likely N-dealkylation sites (N-methyl/N-ethyl adjacent to an activating group) is 1. The molecule has 34 heavy (non-hydrogen) atoms. The van der Waals surface area contributed by atoms with Gasteiger partial charge in [0.2, 0.25) is 0 Å². The number of carbonyl (C=O) groups is 1. The number of thiazole rings is 1. The van der Waals surface area contributed by atoms with Gasteiger partial charge in [0.25, 0.3) is 5.91 Å². The number of nitrogens with zero attached hydrogens (tertiary/aromatic N) is 2. The van der Waals surface area contributed by atoms with Gasteiger partial charge in [-0.2, -0.15) is 0 Å². The van der Waals surface area contributed by atoms with Crippen LogP contribution in [0.3, 0.4) is 0 Å². The zero-order valence-corrected chi connectivity index (χ0v) is 21.1. The highest BCUT2D eigenvalue weighted by atomic mass is 32.1. The van der Waals surface area contributed by atoms with E-state index in [-0.39, 0.29) is 5.91 Å². The fourth-order valence-corrected chi connectivity index (χ4v) is 6.63. The zero-order chi connectivity index (χ0) is 23.7. The number of rotatable bonds is 7. The van der Waals surface area contributed by atoms with Crippen LogP contribution in [0.1, 0.15) is 34.6 Å². The molecule has 1 N–H and O–H groups in total. The molecule has 3 heterocycles. The summed E-state index contributed by atoms with van der Waals surface area (Å²) in [6.07, 6.45) is 0.945. The molecular formula is C26H27N3O3S2. The maximum atomic E-state index is 13.3. The van der Waals surface area contributed by atoms with Crippen molar-refractivity contribution in [2.45, 2.75) is 26.8 Å². The fraction of sp³-hybridized carbons (Fsp3) is 0.308. The summed E-state index contributed by atoms with van der Waals surface area (Å²) in [6, 6.07) is 13.5. The molecule has 0 spiro atoms. The lowest BCUT2D eigenvalue weighted by Gasteiger charge is -2.22. The molecule has 0 aliphatic carbocycles. The van der Waals surface area contributed by atoms with Gasteiger partial charge >= 0.3 is 0 Å². The molecule has 0 saturated heterocycles. The van der Waals surface area contributed by atoms with Crippen molar-refractivity contribution in [2.24, 2.45) is 0 Å². The van der Waals surface area contributed by atoms with Crippen molar-refractivity contribution in [1.29, 1.82) is 0 Å². The molecule has 2 aromatic heterocycles. The number of amides is 1. The van der Waals surface area contributed by atoms with Gasteiger partial charge in [0.05, 0.1) is 23.4 Å². The second kappa shape index (κ2) is 9.74. The largest absolute Gasteiger partial charge is 0.490 e. The summed E-state index contributed by atoms with van der Waals surface area (Å²) in [5.74, 6) is 1.06. The van der Waals surface area contributed by atoms with Crippen molar-refractivity contribution >= 4 is 43.8 Å². The molecule has 4 aromatic rings. The van der Waals surface area contributed by atoms with Gasteiger partial charge in [0, 0.05) is 29.1 Å². The minimum atomic E-state index is -0.168. The molecule has 0 atom stereocenters. The van der Waals surface area contributed by atoms with Crippen LogP contribution < -0.4 is 14.8 Å². The minimum absolute atomic E-state index is 0.168. The number of hydrogen-bond donors (Lipinski definition) is 1. The average Bonchev–Trinajstić information content (AvgIpc) is 3.40. The van der Waals surface area contributed by atoms with Crippen molar-refractivity contribution < 1.29 is 14.3 Å². The van der Waals surface area contributed by atoms with E-state index in [2.05, 4.69) is 23.3 Å². The Labute approximate surface area is 207 Å². The van der Waals surface area contributed by atoms with Crippen LogP contribution in [0.25, 0.3) is 20.8 Å². The fourth-order valence-electron chi connectivity index (χ4n) is 4.19. The number of anilines is 1. The number of hydrogen-bond acceptors (Lipinski definition) is 7. The third-order valence-corrected chi connectivity index (χ3v) is 7.97. The van der Waals surface area contributed by atoms with Crippen LogP contribution in [0.4, 0.5) is 5.00 Å². The van der Waals surface area contributed by atoms with Gasteiger partial charge < -0.3 is 19.7 Å². The zero-order valence-electron chi connectivity index (χ0n) is 19.5. The molecule has 1 amide bonds. The van der Waals surface area contributed by atoms with Gasteiger partial charge in [0.1, 0.15) is 10.0 Å². The quantitative estimate of drug-likeness (QED) is 0.339. The Balaban J connectivity index is 1.52. The lowest BCUT2D eigenvalue weighted by Crippen LogP contribution is -2.25. The van der Waals surface area contributed by atoms with Crippen LogP contribution in [0.5, 0.6) is 11.5 Å². The van der Waals surface area contributed by atoms with Crippen molar-refractivity contribution in [3.63, 3.8) is 0 Å². The second-order valence-corrected chi connectivity index (χ2v) is 10.3. The van der Waals surface area contributed by atoms with E-state index >= 15 is 0 Å². The molecule has 0 bridgehead atoms. The first-order valence-electron chi connectivity index (χ1n) is 11.5. The normalized spacial score (nSPS) is 13.6. The number of para-hydroxylation sites is 1. The van der Waals surface area contributed by atoms with Crippen LogP contribution in [-0.4, -0.2) is 42.6 Å². The van der Waals surface area contributed by atoms with E-state index in [0.29, 0.717) is 30.3 Å². The van der Waals surface area contributed by atoms with Gasteiger partial charge in [-0.15, -0.1) is 22.7 Å². The number of fused-ring (bicyclic) bond motifs is 2. The lowest BCUT2D eigenvalue weighted by atomic mass is 10.0. The summed E-state index contributed by atoms with van der Waals surface area (Å²) in [5, 5.41) is 5.01. The smallest absolute Gasteiger partial charge is 0.256 e. The molecule has 1 aliphatic rings. The van der Waals surface area contributed by atoms with E-state index in [1.54, 1.807) is 40.9 Å². The second-order valence-electron chi connectivity index (χ2n) is 8.16. The Hall–Kier alpha value is -2.94. The first kappa shape index (κ1) is 22.8. The Morgan fingerprint density at radius 1 is 1.09 bits per heavy atom. The maximum Gasteiger partial charge on any atom is 0.256 e. The summed E-state index contributed by atoms with van der Waals surface area (Å²) < 4.78 is 12.5. The summed E-state index contributed by atoms with van der Waals surface area (Å²) in [4.78, 5) is 21.9. The van der Waals surface area contributed by atoms with Crippen LogP contribution in [0, 0.1) is 0 Å². The van der Waals surface area contributed by atoms with E-state index < -0.39 is 0 Å². The highest BCUT2D eigenvalue weighted by molar-refractivity contribution is 7.23. The molecule has 6 nitrogen and oxygen atoms in total. The highest BCUT2D eigenvalue weighted by Gasteiger charge is 2.27. The van der Waals surface area contributed by atoms with Crippen LogP contribution in [-0.2, 0) is 13.0 Å². The maximum absolute atomic E-state index is 13.3. The number of nitrogens with one attached hydrogen (secondary N) is 1. The van der Waals surface area contributed by atoms with E-state index in [0.717, 1.165) is 45.3 Å². The standard InChI is InChI=1S/C26H27N3O3S2/c1-4-31-19-11-10-16(14-20(19)32-5-2)24(30)28-26-23(17-12-13-29(3)15-22(17)34-26)25-27-18-8-6-7-9-21(18)33-25/h6-11,14H,4-5,12-13,15H2,1-3H3,(H,28,30). The molecule has 0 fully saturated rings. The molecule has 2 aromatic carbocycles. The SMILES string of the molecule is CCOc1ccc(C(=O)Nc2sc3c(c2-c2nc4ccccc4s2)CCN(C)C3)cc1OCC. The Bertz CT molecular complexity index is 1310. The van der Waals surface area contributed by atoms with Gasteiger partial charge in [-0.25, -0.2) is 4.98 Å². The molecular weight excluding hydrogens is 466 g/mol. The predicted octanol–water partition coefficient (Wildman–Crippen LogP) is 6.06. The van der Waals surface area contributed by atoms with E-state index in [1.165, 1.54) is 10.4 Å². The topological polar surface area (TPSA) is 63.7 Å². The first-order chi connectivity index (χ1) is 16.6. The lowest BCUT2D eigenvalue weighted by molar-refractivity contribution is 0.102. The van der Waals surface area contributed by atoms with Gasteiger partial charge in [0.15, 0.2) is 11.5 Å². The highest BCUT2D eigenvalue weighted by Crippen LogP contribution is 2.45. The third-order valence-electron chi connectivity index (χ3n) is 5.79. The van der Waals surface area contributed by atoms with Crippen molar-refractivity contribution in [3.8, 4) is 22.1 Å². The number of aromatic nitrogens is 1. The summed E-state index contributed by atoms with van der Waals surface area (Å²) in [5.41, 5.74) is 3.89. The van der Waals surface area contributed by atoms with Crippen LogP contribution >= 0.6 is 22.7 Å². The average molecular weight is 494 g/mol. The van der Waals surface area contributed by atoms with E-state index in [1.807, 2.05) is 32.0 Å². The molecule has 1 aliphatic heterocycles. The summed E-state index contributed by atoms with van der Waals surface area (Å²) in [6.45, 7) is 6.75. The van der Waals surface area contributed by atoms with Gasteiger partial charge in [-0.1, -0.05) is 12.1 Å². The molecule has 0 unspecified atom stereocenters. The van der Waals surface area contributed by atoms with Gasteiger partial charge in [-0.05, 0) is 63.2 Å². The molecule has 0 saturated carbocycles. The third kappa shape index (κ3) is 4.41. The number of ether oxygens (including phenoxy) is 2. The van der Waals surface area contributed by atoms with Crippen molar-refractivity contribution in [2.75, 3.05) is 32.1 Å². The first-order valence-corrected chi connectivity index (χ1v) is 13.1. The van der Waals surface area contributed by atoms with Crippen LogP contribution in [0.15, 0.2) is 42.5 Å². The van der Waals surface area contributed by atoms with Crippen LogP contribution in [0.2, 0.25) is 0 Å². The van der Waals surface area contributed by atoms with Crippen molar-refractivity contribution in [1.82, 2.24) is 9.88 Å². The Morgan fingerprint density at radius 3 is 2.68 bits per heavy atom. The monoisotopic (exact) mass is 493 g/mol. The summed E-state index contributed by atoms with van der Waals surface area (Å²) in [7, 11) is 2.13. The number of benzene rings is 2. The number of carbonyl (C=O) groups excluding carboxylic acids is 1. The predicted molar refractivity (Wildman–Crippen MR) is 140 cm³/mol. The Morgan fingerprint density at radius 2 is 1.88 bits per heavy atom.